The molecular formula is C13H7ClO4. The van der Waals surface area contributed by atoms with Crippen molar-refractivity contribution >= 4 is 17.6 Å². The number of fused-ring (bicyclic) bond motifs is 2. The zero-order valence-electron chi connectivity index (χ0n) is 9.01. The van der Waals surface area contributed by atoms with Crippen molar-refractivity contribution < 1.29 is 19.4 Å². The van der Waals surface area contributed by atoms with Crippen LogP contribution < -0.4 is 9.47 Å². The largest absolute Gasteiger partial charge is 0.478 e. The van der Waals surface area contributed by atoms with Crippen LogP contribution in [0, 0.1) is 0 Å². The normalized spacial score (nSPS) is 11.8. The molecule has 0 radical (unpaired) electrons. The lowest BCUT2D eigenvalue weighted by molar-refractivity contribution is 0.0693. The molecule has 1 aliphatic rings. The molecule has 0 unspecified atom stereocenters. The van der Waals surface area contributed by atoms with E-state index >= 15 is 0 Å². The number of aromatic carboxylic acids is 1. The van der Waals surface area contributed by atoms with Crippen LogP contribution in [0.25, 0.3) is 0 Å². The molecule has 2 aromatic carbocycles. The number of carboxylic acid groups (broad SMARTS) is 1. The van der Waals surface area contributed by atoms with Gasteiger partial charge in [0.25, 0.3) is 0 Å². The summed E-state index contributed by atoms with van der Waals surface area (Å²) in [5, 5.41) is 9.60. The predicted octanol–water partition coefficient (Wildman–Crippen LogP) is 3.94. The second-order valence-corrected chi connectivity index (χ2v) is 4.17. The molecule has 0 aromatic heterocycles. The Labute approximate surface area is 107 Å². The van der Waals surface area contributed by atoms with E-state index in [1.807, 2.05) is 0 Å². The number of rotatable bonds is 1. The van der Waals surface area contributed by atoms with E-state index < -0.39 is 5.97 Å². The quantitative estimate of drug-likeness (QED) is 0.722. The Morgan fingerprint density at radius 1 is 1.06 bits per heavy atom. The lowest BCUT2D eigenvalue weighted by atomic mass is 10.1. The van der Waals surface area contributed by atoms with Gasteiger partial charge in [0.15, 0.2) is 23.0 Å². The van der Waals surface area contributed by atoms with Crippen molar-refractivity contribution in [3.05, 3.63) is 47.0 Å². The number of hydrogen-bond donors (Lipinski definition) is 1. The molecule has 3 rings (SSSR count). The Kier molecular flexibility index (Phi) is 2.38. The first kappa shape index (κ1) is 10.9. The molecule has 0 aliphatic carbocycles. The summed E-state index contributed by atoms with van der Waals surface area (Å²) in [4.78, 5) is 11.1. The minimum absolute atomic E-state index is 0.0631. The number of carbonyl (C=O) groups is 1. The van der Waals surface area contributed by atoms with Gasteiger partial charge >= 0.3 is 5.97 Å². The van der Waals surface area contributed by atoms with Crippen LogP contribution >= 0.6 is 11.6 Å². The third-order valence-corrected chi connectivity index (χ3v) is 2.78. The van der Waals surface area contributed by atoms with Gasteiger partial charge in [-0.2, -0.15) is 0 Å². The molecule has 0 amide bonds. The van der Waals surface area contributed by atoms with Gasteiger partial charge in [-0.25, -0.2) is 4.79 Å². The Bertz CT molecular complexity index is 651. The summed E-state index contributed by atoms with van der Waals surface area (Å²) in [5.74, 6) is 0.426. The van der Waals surface area contributed by atoms with Crippen LogP contribution in [0.5, 0.6) is 23.0 Å². The second-order valence-electron chi connectivity index (χ2n) is 3.73. The van der Waals surface area contributed by atoms with E-state index in [4.69, 9.17) is 26.2 Å². The van der Waals surface area contributed by atoms with Crippen LogP contribution in [0.15, 0.2) is 36.4 Å². The summed E-state index contributed by atoms with van der Waals surface area (Å²) in [6.07, 6.45) is 0. The highest BCUT2D eigenvalue weighted by atomic mass is 35.5. The maximum Gasteiger partial charge on any atom is 0.339 e. The summed E-state index contributed by atoms with van der Waals surface area (Å²) in [7, 11) is 0. The van der Waals surface area contributed by atoms with Crippen LogP contribution in [0.2, 0.25) is 5.02 Å². The molecule has 0 saturated carbocycles. The highest BCUT2D eigenvalue weighted by molar-refractivity contribution is 6.30. The first-order valence-electron chi connectivity index (χ1n) is 5.17. The van der Waals surface area contributed by atoms with Crippen molar-refractivity contribution in [1.29, 1.82) is 0 Å². The van der Waals surface area contributed by atoms with Gasteiger partial charge in [-0.05, 0) is 24.3 Å². The number of ether oxygens (including phenoxy) is 2. The number of halogens is 1. The SMILES string of the molecule is O=C(O)c1cccc2c1Oc1ccc(Cl)cc1O2. The average Bonchev–Trinajstić information content (AvgIpc) is 2.35. The molecule has 4 nitrogen and oxygen atoms in total. The Morgan fingerprint density at radius 2 is 1.89 bits per heavy atom. The molecule has 0 saturated heterocycles. The summed E-state index contributed by atoms with van der Waals surface area (Å²) < 4.78 is 11.1. The van der Waals surface area contributed by atoms with Crippen LogP contribution in [-0.4, -0.2) is 11.1 Å². The van der Waals surface area contributed by atoms with E-state index in [1.54, 1.807) is 30.3 Å². The maximum absolute atomic E-state index is 11.1. The molecule has 5 heteroatoms. The molecule has 18 heavy (non-hydrogen) atoms. The molecule has 0 bridgehead atoms. The monoisotopic (exact) mass is 262 g/mol. The number of carboxylic acids is 1. The van der Waals surface area contributed by atoms with Crippen LogP contribution in [-0.2, 0) is 0 Å². The zero-order valence-corrected chi connectivity index (χ0v) is 9.77. The third-order valence-electron chi connectivity index (χ3n) is 2.55. The molecule has 0 fully saturated rings. The van der Waals surface area contributed by atoms with E-state index in [-0.39, 0.29) is 11.3 Å². The molecule has 2 aromatic rings. The van der Waals surface area contributed by atoms with Gasteiger partial charge in [-0.15, -0.1) is 0 Å². The standard InChI is InChI=1S/C13H7ClO4/c14-7-4-5-9-11(6-7)17-10-3-1-2-8(13(15)16)12(10)18-9/h1-6H,(H,15,16). The van der Waals surface area contributed by atoms with Crippen LogP contribution in [0.4, 0.5) is 0 Å². The molecule has 90 valence electrons. The van der Waals surface area contributed by atoms with Crippen molar-refractivity contribution in [2.45, 2.75) is 0 Å². The van der Waals surface area contributed by atoms with Gasteiger partial charge in [-0.3, -0.25) is 0 Å². The maximum atomic E-state index is 11.1. The number of hydrogen-bond acceptors (Lipinski definition) is 3. The average molecular weight is 263 g/mol. The fraction of sp³-hybridized carbons (Fsp3) is 0. The van der Waals surface area contributed by atoms with E-state index in [0.29, 0.717) is 22.3 Å². The molecular weight excluding hydrogens is 256 g/mol. The van der Waals surface area contributed by atoms with E-state index in [0.717, 1.165) is 0 Å². The highest BCUT2D eigenvalue weighted by Gasteiger charge is 2.24. The Balaban J connectivity index is 2.13. The van der Waals surface area contributed by atoms with Crippen molar-refractivity contribution in [3.8, 4) is 23.0 Å². The van der Waals surface area contributed by atoms with E-state index in [1.165, 1.54) is 6.07 Å². The minimum Gasteiger partial charge on any atom is -0.478 e. The first-order chi connectivity index (χ1) is 8.65. The molecule has 0 spiro atoms. The van der Waals surface area contributed by atoms with Crippen molar-refractivity contribution in [1.82, 2.24) is 0 Å². The second kappa shape index (κ2) is 3.92. The van der Waals surface area contributed by atoms with Gasteiger partial charge < -0.3 is 14.6 Å². The Hall–Kier alpha value is -2.20. The van der Waals surface area contributed by atoms with E-state index in [9.17, 15) is 4.79 Å². The third kappa shape index (κ3) is 1.67. The van der Waals surface area contributed by atoms with Crippen molar-refractivity contribution in [3.63, 3.8) is 0 Å². The highest BCUT2D eigenvalue weighted by Crippen LogP contribution is 2.47. The summed E-state index contributed by atoms with van der Waals surface area (Å²) in [6.45, 7) is 0. The summed E-state index contributed by atoms with van der Waals surface area (Å²) in [6, 6.07) is 9.61. The van der Waals surface area contributed by atoms with Gasteiger partial charge in [0, 0.05) is 11.1 Å². The van der Waals surface area contributed by atoms with Crippen molar-refractivity contribution in [2.24, 2.45) is 0 Å². The van der Waals surface area contributed by atoms with Crippen LogP contribution in [0.1, 0.15) is 10.4 Å². The molecule has 0 atom stereocenters. The fourth-order valence-electron chi connectivity index (χ4n) is 1.74. The Morgan fingerprint density at radius 3 is 2.67 bits per heavy atom. The van der Waals surface area contributed by atoms with Gasteiger partial charge in [0.2, 0.25) is 0 Å². The smallest absolute Gasteiger partial charge is 0.339 e. The molecule has 1 N–H and O–H groups in total. The fourth-order valence-corrected chi connectivity index (χ4v) is 1.91. The predicted molar refractivity (Wildman–Crippen MR) is 65.0 cm³/mol. The van der Waals surface area contributed by atoms with Crippen molar-refractivity contribution in [2.75, 3.05) is 0 Å². The zero-order chi connectivity index (χ0) is 12.7. The van der Waals surface area contributed by atoms with Gasteiger partial charge in [0.1, 0.15) is 5.56 Å². The number of benzene rings is 2. The lowest BCUT2D eigenvalue weighted by Gasteiger charge is -2.21. The number of para-hydroxylation sites is 1. The summed E-state index contributed by atoms with van der Waals surface area (Å²) in [5.41, 5.74) is 0.0631. The molecule has 1 aliphatic heterocycles. The topological polar surface area (TPSA) is 55.8 Å². The first-order valence-corrected chi connectivity index (χ1v) is 5.54. The van der Waals surface area contributed by atoms with E-state index in [2.05, 4.69) is 0 Å². The van der Waals surface area contributed by atoms with Gasteiger partial charge in [-0.1, -0.05) is 17.7 Å². The molecule has 1 heterocycles. The minimum atomic E-state index is -1.06. The lowest BCUT2D eigenvalue weighted by Crippen LogP contribution is -2.05. The van der Waals surface area contributed by atoms with Crippen LogP contribution in [0.3, 0.4) is 0 Å². The van der Waals surface area contributed by atoms with Gasteiger partial charge in [0.05, 0.1) is 0 Å². The summed E-state index contributed by atoms with van der Waals surface area (Å²) >= 11 is 5.86.